The number of hydrogen-bond donors (Lipinski definition) is 2. The van der Waals surface area contributed by atoms with Crippen molar-refractivity contribution in [1.29, 1.82) is 0 Å². The zero-order valence-electron chi connectivity index (χ0n) is 36.8. The van der Waals surface area contributed by atoms with Gasteiger partial charge in [-0.1, -0.05) is 80.4 Å². The highest BCUT2D eigenvalue weighted by Gasteiger charge is 2.66. The van der Waals surface area contributed by atoms with Gasteiger partial charge < -0.3 is 15.2 Å². The fourth-order valence-electron chi connectivity index (χ4n) is 13.3. The summed E-state index contributed by atoms with van der Waals surface area (Å²) in [5.41, 5.74) is 3.24. The maximum absolute atomic E-state index is 11.5. The van der Waals surface area contributed by atoms with Crippen LogP contribution in [0.25, 0.3) is 0 Å². The molecular weight excluding hydrogens is 689 g/mol. The number of hydrogen-bond acceptors (Lipinski definition) is 4. The van der Waals surface area contributed by atoms with E-state index in [0.717, 1.165) is 62.4 Å². The van der Waals surface area contributed by atoms with Crippen LogP contribution in [-0.4, -0.2) is 60.9 Å². The molecule has 312 valence electrons. The van der Waals surface area contributed by atoms with Crippen molar-refractivity contribution in [3.63, 3.8) is 0 Å². The summed E-state index contributed by atoms with van der Waals surface area (Å²) >= 11 is 0. The summed E-state index contributed by atoms with van der Waals surface area (Å²) in [5, 5.41) is 13.7. The molecule has 1 saturated heterocycles. The highest BCUT2D eigenvalue weighted by molar-refractivity contribution is 5.87. The standard InChI is InChI=1S/C38H58N2O3.C3H8.C2H6.4C2H2/c1-35(2)29(26-7-9-27(10-8-26)34(41)42)13-17-37(4)32(35)15-18-36(3)30-14-19-38(39-20-21-40-22-24-43-25-23-40)16-5-6-31(38)28(30)11-12-33(36)37;1-3-2;5*1-2/h7-10,28-33,39H,5-6,11-25H2,1-4H3,(H,41,42);3H2,1-2H3;1-2H3;4*1-2H/t28-,29+,30?,31?,32?,33?,36-,37-,38-;;;;;;/m0....../s1. The van der Waals surface area contributed by atoms with Gasteiger partial charge in [-0.05, 0) is 134 Å². The third-order valence-electron chi connectivity index (χ3n) is 15.1. The molecule has 5 saturated carbocycles. The number of rotatable bonds is 6. The summed E-state index contributed by atoms with van der Waals surface area (Å²) in [6, 6.07) is 7.87. The molecule has 0 radical (unpaired) electrons. The SMILES string of the molecule is C#C.C#C.C#C.C#C.CC.CC1(C)C2CC[C@@]3(C)C4CC[C@@]5(NCCN6CCOCC6)CCCC5[C@H]4CCC3[C@@]2(C)CC[C@@H]1c1ccc(C(=O)O)cc1.CCC. The first-order valence-corrected chi connectivity index (χ1v) is 21.7. The van der Waals surface area contributed by atoms with Gasteiger partial charge in [0.25, 0.3) is 0 Å². The van der Waals surface area contributed by atoms with Gasteiger partial charge in [0.15, 0.2) is 0 Å². The second-order valence-corrected chi connectivity index (χ2v) is 17.6. The number of terminal acetylenes is 4. The van der Waals surface area contributed by atoms with Crippen molar-refractivity contribution >= 4 is 5.97 Å². The molecular formula is C51H80N2O3. The van der Waals surface area contributed by atoms with Gasteiger partial charge in [-0.3, -0.25) is 4.90 Å². The van der Waals surface area contributed by atoms with E-state index in [4.69, 9.17) is 4.74 Å². The number of nitrogens with zero attached hydrogens (tertiary/aromatic N) is 1. The van der Waals surface area contributed by atoms with E-state index in [-0.39, 0.29) is 5.41 Å². The first-order valence-electron chi connectivity index (χ1n) is 21.7. The number of benzene rings is 1. The molecule has 7 rings (SSSR count). The van der Waals surface area contributed by atoms with E-state index >= 15 is 0 Å². The van der Waals surface area contributed by atoms with Gasteiger partial charge in [-0.25, -0.2) is 4.79 Å². The van der Waals surface area contributed by atoms with Crippen LogP contribution in [0.1, 0.15) is 154 Å². The predicted octanol–water partition coefficient (Wildman–Crippen LogP) is 11.0. The van der Waals surface area contributed by atoms with Crippen molar-refractivity contribution in [3.05, 3.63) is 35.4 Å². The summed E-state index contributed by atoms with van der Waals surface area (Å²) in [6.07, 6.45) is 48.5. The van der Waals surface area contributed by atoms with Crippen molar-refractivity contribution in [1.82, 2.24) is 10.2 Å². The Kier molecular flexibility index (Phi) is 21.7. The number of carboxylic acids is 1. The minimum Gasteiger partial charge on any atom is -0.478 e. The molecule has 1 aromatic rings. The van der Waals surface area contributed by atoms with E-state index in [1.54, 1.807) is 0 Å². The summed E-state index contributed by atoms with van der Waals surface area (Å²) in [7, 11) is 0. The third kappa shape index (κ3) is 10.5. The summed E-state index contributed by atoms with van der Waals surface area (Å²) in [4.78, 5) is 14.1. The molecule has 1 aromatic carbocycles. The predicted molar refractivity (Wildman–Crippen MR) is 239 cm³/mol. The number of aromatic carboxylic acids is 1. The van der Waals surface area contributed by atoms with Gasteiger partial charge >= 0.3 is 5.97 Å². The number of fused-ring (bicyclic) bond motifs is 7. The van der Waals surface area contributed by atoms with Gasteiger partial charge in [-0.2, -0.15) is 0 Å². The fourth-order valence-corrected chi connectivity index (χ4v) is 13.3. The molecule has 56 heavy (non-hydrogen) atoms. The molecule has 4 unspecified atom stereocenters. The summed E-state index contributed by atoms with van der Waals surface area (Å²) in [6.45, 7) is 25.1. The molecule has 6 aliphatic rings. The Bertz CT molecular complexity index is 1340. The monoisotopic (exact) mass is 769 g/mol. The number of ether oxygens (including phenoxy) is 1. The third-order valence-corrected chi connectivity index (χ3v) is 15.1. The Hall–Kier alpha value is -3.19. The second-order valence-electron chi connectivity index (χ2n) is 17.6. The molecule has 5 nitrogen and oxygen atoms in total. The van der Waals surface area contributed by atoms with Gasteiger partial charge in [0.05, 0.1) is 18.8 Å². The molecule has 1 heterocycles. The zero-order valence-corrected chi connectivity index (χ0v) is 36.8. The van der Waals surface area contributed by atoms with Crippen LogP contribution in [0, 0.1) is 97.2 Å². The van der Waals surface area contributed by atoms with Crippen LogP contribution in [0.4, 0.5) is 0 Å². The van der Waals surface area contributed by atoms with Crippen LogP contribution in [0.3, 0.4) is 0 Å². The first-order chi connectivity index (χ1) is 27.0. The Labute approximate surface area is 345 Å². The molecule has 0 bridgehead atoms. The zero-order chi connectivity index (χ0) is 42.7. The molecule has 0 spiro atoms. The summed E-state index contributed by atoms with van der Waals surface area (Å²) in [5.74, 6) is 3.91. The molecule has 5 heteroatoms. The maximum atomic E-state index is 11.5. The van der Waals surface area contributed by atoms with Crippen molar-refractivity contribution in [2.45, 2.75) is 144 Å². The lowest BCUT2D eigenvalue weighted by Crippen LogP contribution is -2.64. The van der Waals surface area contributed by atoms with Crippen molar-refractivity contribution in [3.8, 4) is 51.4 Å². The molecule has 0 amide bonds. The first kappa shape index (κ1) is 50.8. The smallest absolute Gasteiger partial charge is 0.335 e. The molecule has 5 aliphatic carbocycles. The van der Waals surface area contributed by atoms with Crippen LogP contribution in [0.15, 0.2) is 24.3 Å². The van der Waals surface area contributed by atoms with Gasteiger partial charge in [-0.15, -0.1) is 51.4 Å². The van der Waals surface area contributed by atoms with E-state index in [1.807, 2.05) is 26.0 Å². The minimum atomic E-state index is -0.828. The highest BCUT2D eigenvalue weighted by Crippen LogP contribution is 2.73. The Morgan fingerprint density at radius 1 is 0.750 bits per heavy atom. The number of carbonyl (C=O) groups is 1. The van der Waals surface area contributed by atoms with E-state index in [0.29, 0.717) is 27.9 Å². The molecule has 1 aliphatic heterocycles. The van der Waals surface area contributed by atoms with Crippen LogP contribution < -0.4 is 5.32 Å². The average Bonchev–Trinajstić information content (AvgIpc) is 3.67. The van der Waals surface area contributed by atoms with Crippen LogP contribution >= 0.6 is 0 Å². The lowest BCUT2D eigenvalue weighted by Gasteiger charge is -2.69. The lowest BCUT2D eigenvalue weighted by atomic mass is 9.35. The van der Waals surface area contributed by atoms with Crippen LogP contribution in [0.5, 0.6) is 0 Å². The average molecular weight is 769 g/mol. The van der Waals surface area contributed by atoms with Crippen molar-refractivity contribution < 1.29 is 14.6 Å². The topological polar surface area (TPSA) is 61.8 Å². The number of morpholine rings is 1. The lowest BCUT2D eigenvalue weighted by molar-refractivity contribution is -0.195. The number of carboxylic acid groups (broad SMARTS) is 1. The molecule has 9 atom stereocenters. The molecule has 2 N–H and O–H groups in total. The van der Waals surface area contributed by atoms with Crippen LogP contribution in [0.2, 0.25) is 0 Å². The van der Waals surface area contributed by atoms with Crippen molar-refractivity contribution in [2.75, 3.05) is 39.4 Å². The van der Waals surface area contributed by atoms with Gasteiger partial charge in [0, 0.05) is 31.7 Å². The van der Waals surface area contributed by atoms with E-state index in [1.165, 1.54) is 89.2 Å². The minimum absolute atomic E-state index is 0.216. The molecule has 0 aromatic heterocycles. The largest absolute Gasteiger partial charge is 0.478 e. The van der Waals surface area contributed by atoms with E-state index in [2.05, 4.69) is 115 Å². The highest BCUT2D eigenvalue weighted by atomic mass is 16.5. The molecule has 6 fully saturated rings. The van der Waals surface area contributed by atoms with E-state index in [9.17, 15) is 9.90 Å². The summed E-state index contributed by atoms with van der Waals surface area (Å²) < 4.78 is 5.58. The van der Waals surface area contributed by atoms with E-state index < -0.39 is 5.97 Å². The quantitative estimate of drug-likeness (QED) is 0.282. The maximum Gasteiger partial charge on any atom is 0.335 e. The Morgan fingerprint density at radius 2 is 1.32 bits per heavy atom. The van der Waals surface area contributed by atoms with Crippen molar-refractivity contribution in [2.24, 2.45) is 45.8 Å². The second kappa shape index (κ2) is 23.9. The normalized spacial score (nSPS) is 34.4. The van der Waals surface area contributed by atoms with Gasteiger partial charge in [0.2, 0.25) is 0 Å². The Balaban J connectivity index is 0.00000109. The Morgan fingerprint density at radius 3 is 1.89 bits per heavy atom. The fraction of sp³-hybridized carbons (Fsp3) is 0.706. The van der Waals surface area contributed by atoms with Crippen LogP contribution in [-0.2, 0) is 4.74 Å². The van der Waals surface area contributed by atoms with Gasteiger partial charge in [0.1, 0.15) is 0 Å². The number of nitrogens with one attached hydrogen (secondary N) is 1.